The number of rotatable bonds is 7. The van der Waals surface area contributed by atoms with Gasteiger partial charge in [-0.15, -0.1) is 0 Å². The summed E-state index contributed by atoms with van der Waals surface area (Å²) in [5, 5.41) is 1.98. The fourth-order valence-electron chi connectivity index (χ4n) is 3.28. The van der Waals surface area contributed by atoms with Crippen LogP contribution in [0.4, 0.5) is 24.5 Å². The highest BCUT2D eigenvalue weighted by molar-refractivity contribution is 7.92. The second-order valence-corrected chi connectivity index (χ2v) is 10.0. The predicted octanol–water partition coefficient (Wildman–Crippen LogP) is 5.82. The molecule has 1 N–H and O–H groups in total. The van der Waals surface area contributed by atoms with Gasteiger partial charge in [0.15, 0.2) is 0 Å². The number of halogens is 4. The summed E-state index contributed by atoms with van der Waals surface area (Å²) in [5.41, 5.74) is 0.288. The molecular formula is C24H22ClF3N2O4S. The third-order valence-corrected chi connectivity index (χ3v) is 7.19. The Balaban J connectivity index is 2.06. The number of carbonyl (C=O) groups is 1. The highest BCUT2D eigenvalue weighted by atomic mass is 35.5. The fraction of sp³-hybridized carbons (Fsp3) is 0.208. The van der Waals surface area contributed by atoms with E-state index < -0.39 is 39.2 Å². The molecule has 186 valence electrons. The number of alkyl halides is 3. The van der Waals surface area contributed by atoms with E-state index in [0.717, 1.165) is 23.3 Å². The van der Waals surface area contributed by atoms with Crippen molar-refractivity contribution in [3.63, 3.8) is 0 Å². The first-order valence-electron chi connectivity index (χ1n) is 10.2. The van der Waals surface area contributed by atoms with Crippen LogP contribution in [-0.2, 0) is 21.0 Å². The molecule has 0 aliphatic carbocycles. The average molecular weight is 527 g/mol. The molecule has 6 nitrogen and oxygen atoms in total. The number of anilines is 2. The molecule has 0 aromatic heterocycles. The molecule has 0 aliphatic heterocycles. The lowest BCUT2D eigenvalue weighted by molar-refractivity contribution is -0.137. The molecule has 0 saturated carbocycles. The first-order chi connectivity index (χ1) is 16.3. The summed E-state index contributed by atoms with van der Waals surface area (Å²) in [6.07, 6.45) is -4.83. The number of methoxy groups -OCH3 is 1. The Labute approximate surface area is 206 Å². The third kappa shape index (κ3) is 6.07. The summed E-state index contributed by atoms with van der Waals surface area (Å²) >= 11 is 5.71. The predicted molar refractivity (Wildman–Crippen MR) is 129 cm³/mol. The van der Waals surface area contributed by atoms with Crippen LogP contribution in [0.15, 0.2) is 65.6 Å². The molecule has 0 radical (unpaired) electrons. The van der Waals surface area contributed by atoms with Gasteiger partial charge < -0.3 is 10.1 Å². The van der Waals surface area contributed by atoms with Crippen LogP contribution in [0.3, 0.4) is 0 Å². The van der Waals surface area contributed by atoms with Crippen molar-refractivity contribution in [2.75, 3.05) is 23.3 Å². The maximum atomic E-state index is 13.5. The van der Waals surface area contributed by atoms with Gasteiger partial charge in [0, 0.05) is 0 Å². The number of amides is 1. The van der Waals surface area contributed by atoms with Gasteiger partial charge in [0.2, 0.25) is 5.91 Å². The van der Waals surface area contributed by atoms with Crippen LogP contribution in [0.1, 0.15) is 16.7 Å². The molecule has 3 aromatic carbocycles. The van der Waals surface area contributed by atoms with Crippen LogP contribution in [-0.4, -0.2) is 28.0 Å². The van der Waals surface area contributed by atoms with Crippen LogP contribution in [0, 0.1) is 13.8 Å². The smallest absolute Gasteiger partial charge is 0.417 e. The van der Waals surface area contributed by atoms with Crippen molar-refractivity contribution in [3.8, 4) is 5.75 Å². The van der Waals surface area contributed by atoms with E-state index in [1.165, 1.54) is 19.2 Å². The first kappa shape index (κ1) is 26.4. The van der Waals surface area contributed by atoms with E-state index in [4.69, 9.17) is 16.3 Å². The number of nitrogens with zero attached hydrogens (tertiary/aromatic N) is 1. The summed E-state index contributed by atoms with van der Waals surface area (Å²) in [6.45, 7) is 2.74. The quantitative estimate of drug-likeness (QED) is 0.421. The molecule has 1 amide bonds. The SMILES string of the molecule is COc1ccc(C)cc1NC(=O)CN(c1ccc(Cl)c(C(F)(F)F)c1)S(=O)(=O)c1ccc(C)cc1. The van der Waals surface area contributed by atoms with Gasteiger partial charge in [-0.05, 0) is 61.9 Å². The number of nitrogens with one attached hydrogen (secondary N) is 1. The Morgan fingerprint density at radius 1 is 1.00 bits per heavy atom. The van der Waals surface area contributed by atoms with Gasteiger partial charge >= 0.3 is 6.18 Å². The Hall–Kier alpha value is -3.24. The first-order valence-corrected chi connectivity index (χ1v) is 12.1. The number of aryl methyl sites for hydroxylation is 2. The maximum Gasteiger partial charge on any atom is 0.417 e. The van der Waals surface area contributed by atoms with E-state index >= 15 is 0 Å². The third-order valence-electron chi connectivity index (χ3n) is 5.07. The molecular weight excluding hydrogens is 505 g/mol. The van der Waals surface area contributed by atoms with Gasteiger partial charge in [-0.2, -0.15) is 13.2 Å². The van der Waals surface area contributed by atoms with Crippen molar-refractivity contribution in [2.24, 2.45) is 0 Å². The van der Waals surface area contributed by atoms with Crippen LogP contribution in [0.2, 0.25) is 5.02 Å². The van der Waals surface area contributed by atoms with E-state index in [2.05, 4.69) is 5.32 Å². The average Bonchev–Trinajstić information content (AvgIpc) is 2.77. The molecule has 0 heterocycles. The highest BCUT2D eigenvalue weighted by Gasteiger charge is 2.35. The minimum absolute atomic E-state index is 0.187. The van der Waals surface area contributed by atoms with Crippen molar-refractivity contribution in [2.45, 2.75) is 24.9 Å². The summed E-state index contributed by atoms with van der Waals surface area (Å²) < 4.78 is 73.2. The van der Waals surface area contributed by atoms with Crippen molar-refractivity contribution in [1.82, 2.24) is 0 Å². The molecule has 0 fully saturated rings. The normalized spacial score (nSPS) is 11.7. The highest BCUT2D eigenvalue weighted by Crippen LogP contribution is 2.38. The zero-order valence-corrected chi connectivity index (χ0v) is 20.6. The standard InChI is InChI=1S/C24H22ClF3N2O4S/c1-15-4-8-18(9-5-15)35(32,33)30(17-7-10-20(25)19(13-17)24(26,27)28)14-23(31)29-21-12-16(2)6-11-22(21)34-3/h4-13H,14H2,1-3H3,(H,29,31). The minimum Gasteiger partial charge on any atom is -0.495 e. The van der Waals surface area contributed by atoms with E-state index in [9.17, 15) is 26.4 Å². The molecule has 0 aliphatic rings. The number of sulfonamides is 1. The summed E-state index contributed by atoms with van der Waals surface area (Å²) in [7, 11) is -3.02. The minimum atomic E-state index is -4.83. The molecule has 0 unspecified atom stereocenters. The number of hydrogen-bond donors (Lipinski definition) is 1. The molecule has 0 spiro atoms. The lowest BCUT2D eigenvalue weighted by atomic mass is 10.2. The van der Waals surface area contributed by atoms with E-state index in [-0.39, 0.29) is 16.3 Å². The second-order valence-electron chi connectivity index (χ2n) is 7.74. The summed E-state index contributed by atoms with van der Waals surface area (Å²) in [4.78, 5) is 12.7. The van der Waals surface area contributed by atoms with Gasteiger partial charge in [0.1, 0.15) is 12.3 Å². The maximum absolute atomic E-state index is 13.5. The molecule has 0 saturated heterocycles. The molecule has 0 atom stereocenters. The van der Waals surface area contributed by atoms with Gasteiger partial charge in [0.05, 0.1) is 34.0 Å². The topological polar surface area (TPSA) is 75.7 Å². The summed E-state index contributed by atoms with van der Waals surface area (Å²) in [6, 6.07) is 13.4. The lowest BCUT2D eigenvalue weighted by Crippen LogP contribution is -2.38. The summed E-state index contributed by atoms with van der Waals surface area (Å²) in [5.74, 6) is -0.448. The zero-order chi connectivity index (χ0) is 26.0. The van der Waals surface area contributed by atoms with E-state index in [1.807, 2.05) is 0 Å². The lowest BCUT2D eigenvalue weighted by Gasteiger charge is -2.25. The Bertz CT molecular complexity index is 1340. The van der Waals surface area contributed by atoms with Crippen molar-refractivity contribution in [3.05, 3.63) is 82.4 Å². The van der Waals surface area contributed by atoms with Crippen LogP contribution in [0.5, 0.6) is 5.75 Å². The molecule has 3 aromatic rings. The van der Waals surface area contributed by atoms with Crippen LogP contribution < -0.4 is 14.4 Å². The van der Waals surface area contributed by atoms with Gasteiger partial charge in [0.25, 0.3) is 10.0 Å². The molecule has 35 heavy (non-hydrogen) atoms. The van der Waals surface area contributed by atoms with E-state index in [1.54, 1.807) is 44.2 Å². The van der Waals surface area contributed by atoms with E-state index in [0.29, 0.717) is 16.1 Å². The molecule has 3 rings (SSSR count). The Morgan fingerprint density at radius 3 is 2.23 bits per heavy atom. The van der Waals surface area contributed by atoms with Crippen molar-refractivity contribution < 1.29 is 31.1 Å². The van der Waals surface area contributed by atoms with Gasteiger partial charge in [-0.3, -0.25) is 9.10 Å². The Morgan fingerprint density at radius 2 is 1.63 bits per heavy atom. The Kier molecular flexibility index (Phi) is 7.66. The zero-order valence-electron chi connectivity index (χ0n) is 19.0. The monoisotopic (exact) mass is 526 g/mol. The fourth-order valence-corrected chi connectivity index (χ4v) is 4.92. The second kappa shape index (κ2) is 10.2. The van der Waals surface area contributed by atoms with Crippen LogP contribution in [0.25, 0.3) is 0 Å². The molecule has 0 bridgehead atoms. The van der Waals surface area contributed by atoms with Gasteiger partial charge in [-0.25, -0.2) is 8.42 Å². The number of carbonyl (C=O) groups excluding carboxylic acids is 1. The van der Waals surface area contributed by atoms with Crippen molar-refractivity contribution >= 4 is 38.9 Å². The number of ether oxygens (including phenoxy) is 1. The number of benzene rings is 3. The molecule has 11 heteroatoms. The largest absolute Gasteiger partial charge is 0.495 e. The van der Waals surface area contributed by atoms with Crippen LogP contribution >= 0.6 is 11.6 Å². The number of hydrogen-bond acceptors (Lipinski definition) is 4. The van der Waals surface area contributed by atoms with Gasteiger partial charge in [-0.1, -0.05) is 35.4 Å². The van der Waals surface area contributed by atoms with Crippen molar-refractivity contribution in [1.29, 1.82) is 0 Å².